The van der Waals surface area contributed by atoms with Crippen LogP contribution < -0.4 is 11.1 Å². The van der Waals surface area contributed by atoms with Gasteiger partial charge in [0.1, 0.15) is 0 Å². The van der Waals surface area contributed by atoms with Crippen molar-refractivity contribution in [1.29, 1.82) is 0 Å². The number of rotatable bonds is 5. The van der Waals surface area contributed by atoms with E-state index in [-0.39, 0.29) is 12.6 Å². The van der Waals surface area contributed by atoms with Gasteiger partial charge in [-0.05, 0) is 23.3 Å². The minimum atomic E-state index is -0.298. The molecule has 0 aliphatic carbocycles. The highest BCUT2D eigenvalue weighted by Crippen LogP contribution is 2.15. The van der Waals surface area contributed by atoms with E-state index in [1.54, 1.807) is 0 Å². The largest absolute Gasteiger partial charge is 0.394 e. The average molecular weight is 242 g/mol. The summed E-state index contributed by atoms with van der Waals surface area (Å²) in [7, 11) is 0. The number of aliphatic hydroxyl groups excluding tert-OH is 1. The molecule has 2 aromatic rings. The van der Waals surface area contributed by atoms with Crippen LogP contribution in [0.2, 0.25) is 0 Å². The van der Waals surface area contributed by atoms with Crippen molar-refractivity contribution < 1.29 is 5.11 Å². The number of hydrogen-bond donors (Lipinski definition) is 3. The zero-order valence-corrected chi connectivity index (χ0v) is 10.2. The summed E-state index contributed by atoms with van der Waals surface area (Å²) in [6.07, 6.45) is 0. The molecule has 0 amide bonds. The predicted molar refractivity (Wildman–Crippen MR) is 74.2 cm³/mol. The Morgan fingerprint density at radius 1 is 1.00 bits per heavy atom. The van der Waals surface area contributed by atoms with Crippen LogP contribution in [0.5, 0.6) is 0 Å². The molecular weight excluding hydrogens is 224 g/mol. The maximum absolute atomic E-state index is 8.97. The SMILES string of the molecule is N[C@H](CO)c1ccc(NCc2ccccc2)cc1. The topological polar surface area (TPSA) is 58.3 Å². The average Bonchev–Trinajstić information content (AvgIpc) is 2.46. The fourth-order valence-electron chi connectivity index (χ4n) is 1.75. The lowest BCUT2D eigenvalue weighted by Crippen LogP contribution is -2.14. The van der Waals surface area contributed by atoms with Crippen LogP contribution in [0.25, 0.3) is 0 Å². The van der Waals surface area contributed by atoms with E-state index in [9.17, 15) is 0 Å². The van der Waals surface area contributed by atoms with Crippen molar-refractivity contribution in [2.75, 3.05) is 11.9 Å². The highest BCUT2D eigenvalue weighted by molar-refractivity contribution is 5.45. The van der Waals surface area contributed by atoms with E-state index in [4.69, 9.17) is 10.8 Å². The third kappa shape index (κ3) is 3.32. The number of aliphatic hydroxyl groups is 1. The second-order valence-electron chi connectivity index (χ2n) is 4.25. The van der Waals surface area contributed by atoms with Gasteiger partial charge in [0.15, 0.2) is 0 Å². The molecule has 0 aromatic heterocycles. The number of nitrogens with one attached hydrogen (secondary N) is 1. The molecule has 0 unspecified atom stereocenters. The second-order valence-corrected chi connectivity index (χ2v) is 4.25. The maximum atomic E-state index is 8.97. The fourth-order valence-corrected chi connectivity index (χ4v) is 1.75. The molecule has 3 heteroatoms. The summed E-state index contributed by atoms with van der Waals surface area (Å²) in [5.41, 5.74) is 8.98. The Bertz CT molecular complexity index is 468. The zero-order chi connectivity index (χ0) is 12.8. The van der Waals surface area contributed by atoms with Crippen molar-refractivity contribution in [2.45, 2.75) is 12.6 Å². The van der Waals surface area contributed by atoms with Crippen LogP contribution in [-0.4, -0.2) is 11.7 Å². The maximum Gasteiger partial charge on any atom is 0.0624 e. The molecule has 0 radical (unpaired) electrons. The van der Waals surface area contributed by atoms with Crippen LogP contribution in [0.3, 0.4) is 0 Å². The van der Waals surface area contributed by atoms with Crippen LogP contribution >= 0.6 is 0 Å². The van der Waals surface area contributed by atoms with Crippen LogP contribution in [0.1, 0.15) is 17.2 Å². The van der Waals surface area contributed by atoms with Crippen LogP contribution in [-0.2, 0) is 6.54 Å². The first kappa shape index (κ1) is 12.6. The van der Waals surface area contributed by atoms with Crippen LogP contribution in [0.4, 0.5) is 5.69 Å². The number of benzene rings is 2. The van der Waals surface area contributed by atoms with E-state index < -0.39 is 0 Å². The Morgan fingerprint density at radius 2 is 1.67 bits per heavy atom. The summed E-state index contributed by atoms with van der Waals surface area (Å²) >= 11 is 0. The number of anilines is 1. The molecule has 2 rings (SSSR count). The molecule has 0 fully saturated rings. The quantitative estimate of drug-likeness (QED) is 0.754. The standard InChI is InChI=1S/C15H18N2O/c16-15(11-18)13-6-8-14(9-7-13)17-10-12-4-2-1-3-5-12/h1-9,15,17-18H,10-11,16H2/t15-/m1/s1. The van der Waals surface area contributed by atoms with E-state index in [1.807, 2.05) is 42.5 Å². The van der Waals surface area contributed by atoms with Gasteiger partial charge in [0.2, 0.25) is 0 Å². The van der Waals surface area contributed by atoms with Crippen LogP contribution in [0, 0.1) is 0 Å². The van der Waals surface area contributed by atoms with Gasteiger partial charge in [-0.15, -0.1) is 0 Å². The lowest BCUT2D eigenvalue weighted by Gasteiger charge is -2.10. The Kier molecular flexibility index (Phi) is 4.34. The van der Waals surface area contributed by atoms with E-state index in [2.05, 4.69) is 17.4 Å². The monoisotopic (exact) mass is 242 g/mol. The molecule has 2 aromatic carbocycles. The minimum absolute atomic E-state index is 0.0310. The summed E-state index contributed by atoms with van der Waals surface area (Å²) in [6.45, 7) is 0.767. The molecule has 0 bridgehead atoms. The molecule has 0 aliphatic rings. The first-order chi connectivity index (χ1) is 8.79. The van der Waals surface area contributed by atoms with Crippen LogP contribution in [0.15, 0.2) is 54.6 Å². The first-order valence-electron chi connectivity index (χ1n) is 6.04. The Morgan fingerprint density at radius 3 is 2.28 bits per heavy atom. The van der Waals surface area contributed by atoms with E-state index in [1.165, 1.54) is 5.56 Å². The summed E-state index contributed by atoms with van der Waals surface area (Å²) in [5.74, 6) is 0. The van der Waals surface area contributed by atoms with Crippen molar-refractivity contribution in [3.8, 4) is 0 Å². The van der Waals surface area contributed by atoms with E-state index in [0.717, 1.165) is 17.8 Å². The Balaban J connectivity index is 1.94. The van der Waals surface area contributed by atoms with Gasteiger partial charge < -0.3 is 16.2 Å². The van der Waals surface area contributed by atoms with Crippen molar-refractivity contribution in [3.05, 3.63) is 65.7 Å². The molecule has 18 heavy (non-hydrogen) atoms. The van der Waals surface area contributed by atoms with Gasteiger partial charge in [-0.3, -0.25) is 0 Å². The molecule has 3 nitrogen and oxygen atoms in total. The lowest BCUT2D eigenvalue weighted by atomic mass is 10.1. The fraction of sp³-hybridized carbons (Fsp3) is 0.200. The Labute approximate surface area is 107 Å². The molecule has 4 N–H and O–H groups in total. The highest BCUT2D eigenvalue weighted by Gasteiger charge is 2.03. The van der Waals surface area contributed by atoms with E-state index in [0.29, 0.717) is 0 Å². The minimum Gasteiger partial charge on any atom is -0.394 e. The van der Waals surface area contributed by atoms with Gasteiger partial charge in [0, 0.05) is 12.2 Å². The third-order valence-corrected chi connectivity index (χ3v) is 2.87. The smallest absolute Gasteiger partial charge is 0.0624 e. The molecule has 0 heterocycles. The van der Waals surface area contributed by atoms with Gasteiger partial charge in [-0.1, -0.05) is 42.5 Å². The molecule has 94 valence electrons. The van der Waals surface area contributed by atoms with Crippen molar-refractivity contribution >= 4 is 5.69 Å². The van der Waals surface area contributed by atoms with Crippen molar-refractivity contribution in [2.24, 2.45) is 5.73 Å². The number of hydrogen-bond acceptors (Lipinski definition) is 3. The zero-order valence-electron chi connectivity index (χ0n) is 10.2. The molecular formula is C15H18N2O. The van der Waals surface area contributed by atoms with Gasteiger partial charge in [0.25, 0.3) is 0 Å². The third-order valence-electron chi connectivity index (χ3n) is 2.87. The van der Waals surface area contributed by atoms with E-state index >= 15 is 0 Å². The first-order valence-corrected chi connectivity index (χ1v) is 6.04. The predicted octanol–water partition coefficient (Wildman–Crippen LogP) is 2.29. The summed E-state index contributed by atoms with van der Waals surface area (Å²) in [4.78, 5) is 0. The molecule has 0 spiro atoms. The highest BCUT2D eigenvalue weighted by atomic mass is 16.3. The van der Waals surface area contributed by atoms with Crippen molar-refractivity contribution in [1.82, 2.24) is 0 Å². The summed E-state index contributed by atoms with van der Waals surface area (Å²) < 4.78 is 0. The molecule has 0 saturated carbocycles. The summed E-state index contributed by atoms with van der Waals surface area (Å²) in [5, 5.41) is 12.3. The Hall–Kier alpha value is -1.84. The summed E-state index contributed by atoms with van der Waals surface area (Å²) in [6, 6.07) is 17.8. The molecule has 0 aliphatic heterocycles. The van der Waals surface area contributed by atoms with Gasteiger partial charge >= 0.3 is 0 Å². The molecule has 0 saturated heterocycles. The van der Waals surface area contributed by atoms with Gasteiger partial charge in [-0.2, -0.15) is 0 Å². The second kappa shape index (κ2) is 6.19. The lowest BCUT2D eigenvalue weighted by molar-refractivity contribution is 0.268. The van der Waals surface area contributed by atoms with Gasteiger partial charge in [-0.25, -0.2) is 0 Å². The normalized spacial score (nSPS) is 12.1. The molecule has 1 atom stereocenters. The van der Waals surface area contributed by atoms with Gasteiger partial charge in [0.05, 0.1) is 12.6 Å². The van der Waals surface area contributed by atoms with Crippen molar-refractivity contribution in [3.63, 3.8) is 0 Å². The number of nitrogens with two attached hydrogens (primary N) is 1.